The van der Waals surface area contributed by atoms with Crippen LogP contribution in [-0.2, 0) is 14.8 Å². The zero-order valence-electron chi connectivity index (χ0n) is 11.2. The van der Waals surface area contributed by atoms with Gasteiger partial charge in [0.2, 0.25) is 10.0 Å². The molecule has 106 valence electrons. The predicted molar refractivity (Wildman–Crippen MR) is 72.6 cm³/mol. The van der Waals surface area contributed by atoms with Gasteiger partial charge in [0.15, 0.2) is 0 Å². The summed E-state index contributed by atoms with van der Waals surface area (Å²) in [4.78, 5) is 4.31. The minimum atomic E-state index is -3.43. The normalized spacial score (nSPS) is 18.4. The average molecular weight is 285 g/mol. The number of sulfonamides is 1. The van der Waals surface area contributed by atoms with Gasteiger partial charge in [-0.25, -0.2) is 13.4 Å². The highest BCUT2D eigenvalue weighted by atomic mass is 32.2. The van der Waals surface area contributed by atoms with Crippen molar-refractivity contribution in [2.24, 2.45) is 0 Å². The number of piperidine rings is 1. The summed E-state index contributed by atoms with van der Waals surface area (Å²) in [5.74, 6) is 0.549. The summed E-state index contributed by atoms with van der Waals surface area (Å²) in [5.41, 5.74) is 0. The van der Waals surface area contributed by atoms with Crippen LogP contribution in [0.5, 0.6) is 0 Å². The first-order valence-electron chi connectivity index (χ1n) is 6.24. The fraction of sp³-hybridized carbons (Fsp3) is 0.583. The van der Waals surface area contributed by atoms with Gasteiger partial charge in [-0.1, -0.05) is 0 Å². The fourth-order valence-electron chi connectivity index (χ4n) is 2.17. The molecule has 1 fully saturated rings. The van der Waals surface area contributed by atoms with Gasteiger partial charge < -0.3 is 10.1 Å². The van der Waals surface area contributed by atoms with Gasteiger partial charge in [0, 0.05) is 39.5 Å². The summed E-state index contributed by atoms with van der Waals surface area (Å²) in [6.07, 6.45) is 3.14. The molecule has 0 bridgehead atoms. The smallest absolute Gasteiger partial charge is 0.243 e. The predicted octanol–water partition coefficient (Wildman–Crippen LogP) is 0.923. The van der Waals surface area contributed by atoms with Crippen LogP contribution in [0.25, 0.3) is 0 Å². The summed E-state index contributed by atoms with van der Waals surface area (Å²) in [5, 5.41) is 2.84. The number of anilines is 1. The molecule has 1 N–H and O–H groups in total. The third-order valence-electron chi connectivity index (χ3n) is 3.36. The van der Waals surface area contributed by atoms with Crippen molar-refractivity contribution in [3.8, 4) is 0 Å². The van der Waals surface area contributed by atoms with Gasteiger partial charge in [-0.2, -0.15) is 4.31 Å². The van der Waals surface area contributed by atoms with Gasteiger partial charge in [0.25, 0.3) is 0 Å². The topological polar surface area (TPSA) is 71.5 Å². The van der Waals surface area contributed by atoms with Crippen molar-refractivity contribution in [1.82, 2.24) is 9.29 Å². The SMILES string of the molecule is CNc1cc(S(=O)(=O)N2CCC(OC)CC2)ccn1. The summed E-state index contributed by atoms with van der Waals surface area (Å²) in [7, 11) is -0.0538. The van der Waals surface area contributed by atoms with Crippen LogP contribution >= 0.6 is 0 Å². The van der Waals surface area contributed by atoms with Crippen molar-refractivity contribution >= 4 is 15.8 Å². The molecule has 0 saturated carbocycles. The number of hydrogen-bond acceptors (Lipinski definition) is 5. The lowest BCUT2D eigenvalue weighted by Crippen LogP contribution is -2.40. The molecule has 1 aliphatic rings. The molecular weight excluding hydrogens is 266 g/mol. The molecule has 0 atom stereocenters. The van der Waals surface area contributed by atoms with Gasteiger partial charge >= 0.3 is 0 Å². The minimum absolute atomic E-state index is 0.164. The van der Waals surface area contributed by atoms with E-state index in [0.717, 1.165) is 12.8 Å². The Hall–Kier alpha value is -1.18. The van der Waals surface area contributed by atoms with Gasteiger partial charge in [-0.15, -0.1) is 0 Å². The van der Waals surface area contributed by atoms with Crippen molar-refractivity contribution in [3.63, 3.8) is 0 Å². The quantitative estimate of drug-likeness (QED) is 0.891. The number of nitrogens with zero attached hydrogens (tertiary/aromatic N) is 2. The molecule has 0 aromatic carbocycles. The number of ether oxygens (including phenoxy) is 1. The molecule has 0 spiro atoms. The van der Waals surface area contributed by atoms with E-state index >= 15 is 0 Å². The summed E-state index contributed by atoms with van der Waals surface area (Å²) in [6, 6.07) is 3.08. The first-order valence-corrected chi connectivity index (χ1v) is 7.68. The summed E-state index contributed by atoms with van der Waals surface area (Å²) in [6.45, 7) is 0.996. The molecule has 0 aliphatic carbocycles. The molecule has 1 aliphatic heterocycles. The molecule has 0 amide bonds. The van der Waals surface area contributed by atoms with Crippen LogP contribution in [0.3, 0.4) is 0 Å². The second kappa shape index (κ2) is 5.85. The molecule has 1 aromatic heterocycles. The van der Waals surface area contributed by atoms with Crippen molar-refractivity contribution < 1.29 is 13.2 Å². The second-order valence-electron chi connectivity index (χ2n) is 4.47. The van der Waals surface area contributed by atoms with Crippen molar-refractivity contribution in [3.05, 3.63) is 18.3 Å². The van der Waals surface area contributed by atoms with Crippen molar-refractivity contribution in [2.45, 2.75) is 23.8 Å². The highest BCUT2D eigenvalue weighted by Crippen LogP contribution is 2.22. The Kier molecular flexibility index (Phi) is 4.38. The van der Waals surface area contributed by atoms with Gasteiger partial charge in [0.1, 0.15) is 5.82 Å². The number of nitrogens with one attached hydrogen (secondary N) is 1. The summed E-state index contributed by atoms with van der Waals surface area (Å²) < 4.78 is 31.7. The fourth-order valence-corrected chi connectivity index (χ4v) is 3.65. The number of aromatic nitrogens is 1. The van der Waals surface area contributed by atoms with E-state index in [2.05, 4.69) is 10.3 Å². The van der Waals surface area contributed by atoms with Gasteiger partial charge in [0.05, 0.1) is 11.0 Å². The van der Waals surface area contributed by atoms with E-state index in [1.54, 1.807) is 20.2 Å². The van der Waals surface area contributed by atoms with E-state index < -0.39 is 10.0 Å². The molecule has 1 saturated heterocycles. The molecule has 2 rings (SSSR count). The van der Waals surface area contributed by atoms with Gasteiger partial charge in [-0.3, -0.25) is 0 Å². The largest absolute Gasteiger partial charge is 0.381 e. The molecule has 1 aromatic rings. The van der Waals surface area contributed by atoms with E-state index in [9.17, 15) is 8.42 Å². The van der Waals surface area contributed by atoms with Crippen LogP contribution in [0.1, 0.15) is 12.8 Å². The molecule has 6 nitrogen and oxygen atoms in total. The van der Waals surface area contributed by atoms with Crippen LogP contribution in [0.4, 0.5) is 5.82 Å². The Morgan fingerprint density at radius 2 is 2.11 bits per heavy atom. The van der Waals surface area contributed by atoms with E-state index in [-0.39, 0.29) is 11.0 Å². The third kappa shape index (κ3) is 3.05. The molecule has 2 heterocycles. The highest BCUT2D eigenvalue weighted by molar-refractivity contribution is 7.89. The Balaban J connectivity index is 2.18. The summed E-state index contributed by atoms with van der Waals surface area (Å²) >= 11 is 0. The maximum absolute atomic E-state index is 12.5. The number of rotatable bonds is 4. The lowest BCUT2D eigenvalue weighted by atomic mass is 10.1. The van der Waals surface area contributed by atoms with E-state index in [1.165, 1.54) is 16.6 Å². The van der Waals surface area contributed by atoms with E-state index in [4.69, 9.17) is 4.74 Å². The average Bonchev–Trinajstić information content (AvgIpc) is 2.47. The zero-order valence-corrected chi connectivity index (χ0v) is 12.0. The van der Waals surface area contributed by atoms with Crippen molar-refractivity contribution in [2.75, 3.05) is 32.6 Å². The Bertz CT molecular complexity index is 525. The molecule has 7 heteroatoms. The Morgan fingerprint density at radius 1 is 1.42 bits per heavy atom. The molecule has 0 unspecified atom stereocenters. The minimum Gasteiger partial charge on any atom is -0.381 e. The van der Waals surface area contributed by atoms with Crippen LogP contribution in [0.2, 0.25) is 0 Å². The first-order chi connectivity index (χ1) is 9.07. The molecule has 19 heavy (non-hydrogen) atoms. The van der Waals surface area contributed by atoms with Crippen LogP contribution in [0, 0.1) is 0 Å². The monoisotopic (exact) mass is 285 g/mol. The van der Waals surface area contributed by atoms with E-state index in [1.807, 2.05) is 0 Å². The highest BCUT2D eigenvalue weighted by Gasteiger charge is 2.29. The van der Waals surface area contributed by atoms with E-state index in [0.29, 0.717) is 18.9 Å². The standard InChI is InChI=1S/C12H19N3O3S/c1-13-12-9-11(3-6-14-12)19(16,17)15-7-4-10(18-2)5-8-15/h3,6,9-10H,4-5,7-8H2,1-2H3,(H,13,14). The first kappa shape index (κ1) is 14.2. The Morgan fingerprint density at radius 3 is 2.68 bits per heavy atom. The zero-order chi connectivity index (χ0) is 13.9. The van der Waals surface area contributed by atoms with Gasteiger partial charge in [-0.05, 0) is 18.9 Å². The second-order valence-corrected chi connectivity index (χ2v) is 6.40. The number of pyridine rings is 1. The lowest BCUT2D eigenvalue weighted by Gasteiger charge is -2.30. The van der Waals surface area contributed by atoms with Crippen LogP contribution < -0.4 is 5.32 Å². The van der Waals surface area contributed by atoms with Crippen LogP contribution in [0.15, 0.2) is 23.2 Å². The number of methoxy groups -OCH3 is 1. The number of hydrogen-bond donors (Lipinski definition) is 1. The van der Waals surface area contributed by atoms with Crippen molar-refractivity contribution in [1.29, 1.82) is 0 Å². The maximum atomic E-state index is 12.5. The molecule has 0 radical (unpaired) electrons. The van der Waals surface area contributed by atoms with Crippen LogP contribution in [-0.4, -0.2) is 51.1 Å². The lowest BCUT2D eigenvalue weighted by molar-refractivity contribution is 0.0604. The third-order valence-corrected chi connectivity index (χ3v) is 5.25. The maximum Gasteiger partial charge on any atom is 0.243 e. The Labute approximate surface area is 113 Å². The molecular formula is C12H19N3O3S.